The molecule has 8 heteroatoms. The summed E-state index contributed by atoms with van der Waals surface area (Å²) in [5.41, 5.74) is 6.61. The van der Waals surface area contributed by atoms with Crippen molar-refractivity contribution >= 4 is 28.5 Å². The third-order valence-corrected chi connectivity index (χ3v) is 6.93. The summed E-state index contributed by atoms with van der Waals surface area (Å²) in [5, 5.41) is 11.7. The maximum Gasteiger partial charge on any atom is 0.322 e. The lowest BCUT2D eigenvalue weighted by molar-refractivity contribution is -0.135. The van der Waals surface area contributed by atoms with Gasteiger partial charge in [0.2, 0.25) is 5.91 Å². The zero-order chi connectivity index (χ0) is 23.9. The maximum absolute atomic E-state index is 13.1. The number of pyridine rings is 1. The molecule has 0 radical (unpaired) electrons. The quantitative estimate of drug-likeness (QED) is 0.464. The summed E-state index contributed by atoms with van der Waals surface area (Å²) < 4.78 is 0. The average molecular weight is 467 g/mol. The summed E-state index contributed by atoms with van der Waals surface area (Å²) in [6, 6.07) is 17.9. The van der Waals surface area contributed by atoms with Crippen LogP contribution in [0.2, 0.25) is 0 Å². The lowest BCUT2D eigenvalue weighted by atomic mass is 9.99. The highest BCUT2D eigenvalue weighted by atomic mass is 16.2. The van der Waals surface area contributed by atoms with Crippen LogP contribution in [0.3, 0.4) is 0 Å². The van der Waals surface area contributed by atoms with Crippen molar-refractivity contribution in [1.29, 1.82) is 0 Å². The molecule has 8 nitrogen and oxygen atoms in total. The van der Waals surface area contributed by atoms with Gasteiger partial charge in [-0.15, -0.1) is 0 Å². The van der Waals surface area contributed by atoms with E-state index in [1.807, 2.05) is 65.3 Å². The number of likely N-dealkylation sites (tertiary alicyclic amines) is 1. The van der Waals surface area contributed by atoms with E-state index in [2.05, 4.69) is 26.6 Å². The number of hydrogen-bond donors (Lipinski definition) is 2. The van der Waals surface area contributed by atoms with Crippen molar-refractivity contribution in [3.63, 3.8) is 0 Å². The summed E-state index contributed by atoms with van der Waals surface area (Å²) in [6.07, 6.45) is 2.90. The minimum Gasteiger partial charge on any atom is -0.336 e. The number of amides is 3. The van der Waals surface area contributed by atoms with Crippen LogP contribution >= 0.6 is 0 Å². The Bertz CT molecular complexity index is 1430. The summed E-state index contributed by atoms with van der Waals surface area (Å²) in [4.78, 5) is 33.7. The van der Waals surface area contributed by atoms with Crippen molar-refractivity contribution in [1.82, 2.24) is 25.0 Å². The fourth-order valence-electron chi connectivity index (χ4n) is 5.11. The lowest BCUT2D eigenvalue weighted by Gasteiger charge is -2.41. The Hall–Kier alpha value is -4.20. The van der Waals surface area contributed by atoms with Gasteiger partial charge in [0.25, 0.3) is 0 Å². The molecule has 6 rings (SSSR count). The number of urea groups is 1. The van der Waals surface area contributed by atoms with Gasteiger partial charge in [-0.05, 0) is 48.7 Å². The third kappa shape index (κ3) is 4.01. The third-order valence-electron chi connectivity index (χ3n) is 6.93. The Morgan fingerprint density at radius 2 is 1.94 bits per heavy atom. The van der Waals surface area contributed by atoms with Crippen LogP contribution in [-0.2, 0) is 17.9 Å². The van der Waals surface area contributed by atoms with Gasteiger partial charge < -0.3 is 15.1 Å². The van der Waals surface area contributed by atoms with Gasteiger partial charge in [-0.2, -0.15) is 5.10 Å². The van der Waals surface area contributed by atoms with Gasteiger partial charge in [-0.25, -0.2) is 4.79 Å². The second kappa shape index (κ2) is 8.54. The van der Waals surface area contributed by atoms with Crippen LogP contribution in [0, 0.1) is 6.92 Å². The number of aryl methyl sites for hydroxylation is 1. The van der Waals surface area contributed by atoms with E-state index in [0.29, 0.717) is 32.5 Å². The number of benzene rings is 2. The number of piperidine rings is 1. The van der Waals surface area contributed by atoms with Crippen molar-refractivity contribution in [2.75, 3.05) is 11.9 Å². The molecule has 1 atom stereocenters. The molecule has 1 unspecified atom stereocenters. The number of fused-ring (bicyclic) bond motifs is 2. The van der Waals surface area contributed by atoms with E-state index in [4.69, 9.17) is 0 Å². The van der Waals surface area contributed by atoms with E-state index in [1.165, 1.54) is 0 Å². The number of nitrogens with zero attached hydrogens (tertiary/aromatic N) is 4. The topological polar surface area (TPSA) is 94.2 Å². The zero-order valence-electron chi connectivity index (χ0n) is 19.5. The molecular weight excluding hydrogens is 440 g/mol. The van der Waals surface area contributed by atoms with Gasteiger partial charge in [-0.1, -0.05) is 30.3 Å². The molecular formula is C27H26N6O2. The Labute approximate surface area is 203 Å². The number of hydrogen-bond acceptors (Lipinski definition) is 4. The van der Waals surface area contributed by atoms with Gasteiger partial charge in [0.1, 0.15) is 5.69 Å². The predicted molar refractivity (Wildman–Crippen MR) is 134 cm³/mol. The minimum atomic E-state index is -0.125. The van der Waals surface area contributed by atoms with E-state index in [0.717, 1.165) is 44.7 Å². The SMILES string of the molecule is Cc1cc(-c2n[nH]c3cc4c(cc23)CN(C2CCC(=O)N(Cc3ccccc3)C2)C(=O)N4)ccn1. The summed E-state index contributed by atoms with van der Waals surface area (Å²) in [7, 11) is 0. The number of aromatic nitrogens is 3. The van der Waals surface area contributed by atoms with Gasteiger partial charge in [0.15, 0.2) is 0 Å². The molecule has 0 bridgehead atoms. The Balaban J connectivity index is 1.27. The van der Waals surface area contributed by atoms with E-state index in [1.54, 1.807) is 6.20 Å². The predicted octanol–water partition coefficient (Wildman–Crippen LogP) is 4.47. The number of carbonyl (C=O) groups is 2. The molecule has 3 amide bonds. The van der Waals surface area contributed by atoms with E-state index in [9.17, 15) is 9.59 Å². The van der Waals surface area contributed by atoms with Gasteiger partial charge >= 0.3 is 6.03 Å². The van der Waals surface area contributed by atoms with Crippen molar-refractivity contribution in [2.45, 2.75) is 38.9 Å². The highest BCUT2D eigenvalue weighted by Gasteiger charge is 2.35. The lowest BCUT2D eigenvalue weighted by Crippen LogP contribution is -2.53. The Morgan fingerprint density at radius 3 is 2.77 bits per heavy atom. The number of rotatable bonds is 4. The number of nitrogens with one attached hydrogen (secondary N) is 2. The first-order chi connectivity index (χ1) is 17.0. The van der Waals surface area contributed by atoms with Crippen LogP contribution in [0.1, 0.15) is 29.7 Å². The smallest absolute Gasteiger partial charge is 0.322 e. The largest absolute Gasteiger partial charge is 0.336 e. The fraction of sp³-hybridized carbons (Fsp3) is 0.259. The maximum atomic E-state index is 13.1. The van der Waals surface area contributed by atoms with Crippen molar-refractivity contribution < 1.29 is 9.59 Å². The van der Waals surface area contributed by atoms with E-state index in [-0.39, 0.29) is 18.0 Å². The first-order valence-electron chi connectivity index (χ1n) is 11.9. The second-order valence-electron chi connectivity index (χ2n) is 9.32. The molecule has 1 saturated heterocycles. The van der Waals surface area contributed by atoms with Gasteiger partial charge in [-0.3, -0.25) is 14.9 Å². The van der Waals surface area contributed by atoms with Crippen molar-refractivity contribution in [2.24, 2.45) is 0 Å². The summed E-state index contributed by atoms with van der Waals surface area (Å²) in [6.45, 7) is 3.55. The van der Waals surface area contributed by atoms with Crippen LogP contribution in [0.4, 0.5) is 10.5 Å². The Morgan fingerprint density at radius 1 is 1.09 bits per heavy atom. The molecule has 4 aromatic rings. The normalized spacial score (nSPS) is 18.0. The van der Waals surface area contributed by atoms with Gasteiger partial charge in [0, 0.05) is 54.6 Å². The standard InChI is InChI=1S/C27H26N6O2/c1-17-11-19(9-10-28-17)26-22-12-20-15-33(27(35)29-23(20)13-24(22)30-31-26)21-7-8-25(34)32(16-21)14-18-5-3-2-4-6-18/h2-6,9-13,21H,7-8,14-16H2,1H3,(H,29,35)(H,30,31). The fourth-order valence-corrected chi connectivity index (χ4v) is 5.11. The highest BCUT2D eigenvalue weighted by molar-refractivity contribution is 6.00. The Kier molecular flexibility index (Phi) is 5.21. The zero-order valence-corrected chi connectivity index (χ0v) is 19.5. The minimum absolute atomic E-state index is 0.0353. The summed E-state index contributed by atoms with van der Waals surface area (Å²) >= 11 is 0. The number of H-pyrrole nitrogens is 1. The van der Waals surface area contributed by atoms with E-state index < -0.39 is 0 Å². The molecule has 4 heterocycles. The molecule has 0 aliphatic carbocycles. The molecule has 2 aliphatic heterocycles. The molecule has 2 aliphatic rings. The molecule has 2 aromatic heterocycles. The first kappa shape index (κ1) is 21.3. The molecule has 0 spiro atoms. The highest BCUT2D eigenvalue weighted by Crippen LogP contribution is 2.34. The second-order valence-corrected chi connectivity index (χ2v) is 9.32. The molecule has 176 valence electrons. The molecule has 0 saturated carbocycles. The summed E-state index contributed by atoms with van der Waals surface area (Å²) in [5.74, 6) is 0.139. The first-order valence-corrected chi connectivity index (χ1v) is 11.9. The van der Waals surface area contributed by atoms with Crippen molar-refractivity contribution in [3.8, 4) is 11.3 Å². The molecule has 2 aromatic carbocycles. The number of aromatic amines is 1. The monoisotopic (exact) mass is 466 g/mol. The van der Waals surface area contributed by atoms with Crippen LogP contribution in [0.5, 0.6) is 0 Å². The van der Waals surface area contributed by atoms with Crippen LogP contribution < -0.4 is 5.32 Å². The van der Waals surface area contributed by atoms with Gasteiger partial charge in [0.05, 0.1) is 11.6 Å². The number of anilines is 1. The number of carbonyl (C=O) groups excluding carboxylic acids is 2. The molecule has 2 N–H and O–H groups in total. The van der Waals surface area contributed by atoms with Crippen LogP contribution in [0.25, 0.3) is 22.2 Å². The van der Waals surface area contributed by atoms with Crippen molar-refractivity contribution in [3.05, 3.63) is 77.6 Å². The van der Waals surface area contributed by atoms with Crippen LogP contribution in [0.15, 0.2) is 60.8 Å². The van der Waals surface area contributed by atoms with E-state index >= 15 is 0 Å². The van der Waals surface area contributed by atoms with Crippen LogP contribution in [-0.4, -0.2) is 49.5 Å². The molecule has 1 fully saturated rings. The molecule has 35 heavy (non-hydrogen) atoms. The average Bonchev–Trinajstić information content (AvgIpc) is 3.27.